The van der Waals surface area contributed by atoms with Crippen LogP contribution in [0.4, 0.5) is 0 Å². The van der Waals surface area contributed by atoms with Crippen LogP contribution in [0.3, 0.4) is 0 Å². The number of nitrogens with one attached hydrogen (secondary N) is 1. The van der Waals surface area contributed by atoms with Crippen molar-refractivity contribution in [3.8, 4) is 0 Å². The summed E-state index contributed by atoms with van der Waals surface area (Å²) in [5.41, 5.74) is 3.07. The summed E-state index contributed by atoms with van der Waals surface area (Å²) in [7, 11) is 0. The van der Waals surface area contributed by atoms with E-state index in [9.17, 15) is 4.79 Å². The van der Waals surface area contributed by atoms with E-state index in [-0.39, 0.29) is 5.91 Å². The van der Waals surface area contributed by atoms with Gasteiger partial charge in [-0.3, -0.25) is 9.78 Å². The summed E-state index contributed by atoms with van der Waals surface area (Å²) < 4.78 is 0. The predicted octanol–water partition coefficient (Wildman–Crippen LogP) is 4.17. The molecule has 114 valence electrons. The fraction of sp³-hybridized carbons (Fsp3) is 0.474. The molecular formula is C19H22N2O. The van der Waals surface area contributed by atoms with Crippen molar-refractivity contribution >= 4 is 16.8 Å². The van der Waals surface area contributed by atoms with Crippen LogP contribution >= 0.6 is 0 Å². The summed E-state index contributed by atoms with van der Waals surface area (Å²) >= 11 is 0. The Bertz CT molecular complexity index is 700. The summed E-state index contributed by atoms with van der Waals surface area (Å²) in [6.07, 6.45) is 10.3. The molecule has 1 amide bonds. The van der Waals surface area contributed by atoms with Crippen molar-refractivity contribution in [3.63, 3.8) is 0 Å². The Balaban J connectivity index is 1.53. The molecule has 2 aliphatic rings. The Morgan fingerprint density at radius 2 is 1.86 bits per heavy atom. The molecule has 0 saturated heterocycles. The lowest BCUT2D eigenvalue weighted by atomic mass is 9.95. The number of fused-ring (bicyclic) bond motifs is 1. The van der Waals surface area contributed by atoms with Gasteiger partial charge in [0.15, 0.2) is 0 Å². The molecule has 1 aromatic carbocycles. The molecule has 3 heteroatoms. The van der Waals surface area contributed by atoms with Crippen LogP contribution in [0, 0.1) is 0 Å². The maximum Gasteiger partial charge on any atom is 0.253 e. The van der Waals surface area contributed by atoms with E-state index in [1.54, 1.807) is 6.20 Å². The molecule has 0 spiro atoms. The first kappa shape index (κ1) is 13.7. The third-order valence-corrected chi connectivity index (χ3v) is 4.96. The van der Waals surface area contributed by atoms with Gasteiger partial charge in [-0.1, -0.05) is 31.4 Å². The summed E-state index contributed by atoms with van der Waals surface area (Å²) in [5.74, 6) is 0.757. The third-order valence-electron chi connectivity index (χ3n) is 4.96. The van der Waals surface area contributed by atoms with E-state index in [1.807, 2.05) is 6.07 Å². The lowest BCUT2D eigenvalue weighted by Crippen LogP contribution is -2.36. The number of carbonyl (C=O) groups is 1. The Hall–Kier alpha value is -1.90. The van der Waals surface area contributed by atoms with Gasteiger partial charge in [0.05, 0.1) is 11.1 Å². The fourth-order valence-electron chi connectivity index (χ4n) is 3.45. The van der Waals surface area contributed by atoms with E-state index in [0.29, 0.717) is 11.6 Å². The molecule has 1 aromatic heterocycles. The van der Waals surface area contributed by atoms with E-state index in [1.165, 1.54) is 37.7 Å². The zero-order valence-electron chi connectivity index (χ0n) is 12.8. The van der Waals surface area contributed by atoms with E-state index >= 15 is 0 Å². The van der Waals surface area contributed by atoms with Crippen molar-refractivity contribution in [2.24, 2.45) is 0 Å². The zero-order valence-corrected chi connectivity index (χ0v) is 12.8. The number of hydrogen-bond donors (Lipinski definition) is 1. The van der Waals surface area contributed by atoms with Gasteiger partial charge in [-0.15, -0.1) is 0 Å². The molecule has 1 heterocycles. The highest BCUT2D eigenvalue weighted by Gasteiger charge is 2.23. The summed E-state index contributed by atoms with van der Waals surface area (Å²) in [6.45, 7) is 0. The first-order valence-electron chi connectivity index (χ1n) is 8.50. The van der Waals surface area contributed by atoms with Crippen LogP contribution in [0.5, 0.6) is 0 Å². The Morgan fingerprint density at radius 1 is 1.05 bits per heavy atom. The van der Waals surface area contributed by atoms with Crippen molar-refractivity contribution in [3.05, 3.63) is 41.6 Å². The van der Waals surface area contributed by atoms with Crippen molar-refractivity contribution in [2.75, 3.05) is 0 Å². The smallest absolute Gasteiger partial charge is 0.253 e. The second-order valence-corrected chi connectivity index (χ2v) is 6.76. The summed E-state index contributed by atoms with van der Waals surface area (Å²) in [6, 6.07) is 8.78. The number of benzene rings is 1. The maximum atomic E-state index is 12.4. The van der Waals surface area contributed by atoms with Gasteiger partial charge in [-0.05, 0) is 49.3 Å². The Kier molecular flexibility index (Phi) is 3.57. The van der Waals surface area contributed by atoms with Gasteiger partial charge in [-0.2, -0.15) is 0 Å². The van der Waals surface area contributed by atoms with Crippen molar-refractivity contribution in [1.82, 2.24) is 10.3 Å². The molecule has 0 unspecified atom stereocenters. The van der Waals surface area contributed by atoms with Gasteiger partial charge >= 0.3 is 0 Å². The number of amides is 1. The van der Waals surface area contributed by atoms with Crippen LogP contribution in [-0.2, 0) is 0 Å². The monoisotopic (exact) mass is 294 g/mol. The first-order chi connectivity index (χ1) is 10.8. The number of nitrogens with zero attached hydrogens (tertiary/aromatic N) is 1. The van der Waals surface area contributed by atoms with E-state index in [0.717, 1.165) is 29.7 Å². The van der Waals surface area contributed by atoms with Gasteiger partial charge in [0, 0.05) is 17.6 Å². The van der Waals surface area contributed by atoms with E-state index < -0.39 is 0 Å². The highest BCUT2D eigenvalue weighted by molar-refractivity contribution is 5.97. The minimum Gasteiger partial charge on any atom is -0.349 e. The van der Waals surface area contributed by atoms with Gasteiger partial charge < -0.3 is 5.32 Å². The number of aromatic nitrogens is 1. The minimum atomic E-state index is 0.0209. The molecule has 0 bridgehead atoms. The molecule has 4 rings (SSSR count). The summed E-state index contributed by atoms with van der Waals surface area (Å²) in [5, 5.41) is 4.22. The second kappa shape index (κ2) is 5.71. The van der Waals surface area contributed by atoms with Crippen LogP contribution in [0.2, 0.25) is 0 Å². The standard InChI is InChI=1S/C19H22N2O/c22-19(21-17-4-2-1-3-5-17)16-10-15-9-8-14(13-6-7-13)11-18(15)20-12-16/h8-13,17H,1-7H2,(H,21,22). The van der Waals surface area contributed by atoms with Gasteiger partial charge in [-0.25, -0.2) is 0 Å². The second-order valence-electron chi connectivity index (χ2n) is 6.76. The summed E-state index contributed by atoms with van der Waals surface area (Å²) in [4.78, 5) is 16.9. The lowest BCUT2D eigenvalue weighted by molar-refractivity contribution is 0.0927. The highest BCUT2D eigenvalue weighted by Crippen LogP contribution is 2.40. The number of carbonyl (C=O) groups excluding carboxylic acids is 1. The topological polar surface area (TPSA) is 42.0 Å². The zero-order chi connectivity index (χ0) is 14.9. The fourth-order valence-corrected chi connectivity index (χ4v) is 3.45. The van der Waals surface area contributed by atoms with Crippen LogP contribution < -0.4 is 5.32 Å². The normalized spacial score (nSPS) is 19.3. The third kappa shape index (κ3) is 2.85. The molecule has 0 aliphatic heterocycles. The molecule has 2 fully saturated rings. The minimum absolute atomic E-state index is 0.0209. The van der Waals surface area contributed by atoms with Crippen LogP contribution in [0.25, 0.3) is 10.9 Å². The quantitative estimate of drug-likeness (QED) is 0.923. The van der Waals surface area contributed by atoms with Gasteiger partial charge in [0.1, 0.15) is 0 Å². The maximum absolute atomic E-state index is 12.4. The Morgan fingerprint density at radius 3 is 2.64 bits per heavy atom. The first-order valence-corrected chi connectivity index (χ1v) is 8.50. The molecule has 1 N–H and O–H groups in total. The molecule has 2 aromatic rings. The van der Waals surface area contributed by atoms with Gasteiger partial charge in [0.25, 0.3) is 5.91 Å². The SMILES string of the molecule is O=C(NC1CCCCC1)c1cnc2cc(C3CC3)ccc2c1. The van der Waals surface area contributed by atoms with Gasteiger partial charge in [0.2, 0.25) is 0 Å². The van der Waals surface area contributed by atoms with Crippen molar-refractivity contribution < 1.29 is 4.79 Å². The van der Waals surface area contributed by atoms with Crippen LogP contribution in [0.1, 0.15) is 66.8 Å². The number of hydrogen-bond acceptors (Lipinski definition) is 2. The average molecular weight is 294 g/mol. The van der Waals surface area contributed by atoms with Crippen molar-refractivity contribution in [1.29, 1.82) is 0 Å². The van der Waals surface area contributed by atoms with E-state index in [2.05, 4.69) is 28.5 Å². The van der Waals surface area contributed by atoms with E-state index in [4.69, 9.17) is 0 Å². The highest BCUT2D eigenvalue weighted by atomic mass is 16.1. The Labute approximate surface area is 131 Å². The molecule has 0 atom stereocenters. The molecule has 2 saturated carbocycles. The number of rotatable bonds is 3. The lowest BCUT2D eigenvalue weighted by Gasteiger charge is -2.22. The average Bonchev–Trinajstić information content (AvgIpc) is 3.40. The largest absolute Gasteiger partial charge is 0.349 e. The van der Waals surface area contributed by atoms with Crippen LogP contribution in [-0.4, -0.2) is 16.9 Å². The molecule has 2 aliphatic carbocycles. The molecular weight excluding hydrogens is 272 g/mol. The predicted molar refractivity (Wildman–Crippen MR) is 88.1 cm³/mol. The molecule has 0 radical (unpaired) electrons. The number of pyridine rings is 1. The van der Waals surface area contributed by atoms with Crippen LogP contribution in [0.15, 0.2) is 30.5 Å². The van der Waals surface area contributed by atoms with Crippen molar-refractivity contribution in [2.45, 2.75) is 56.9 Å². The molecule has 3 nitrogen and oxygen atoms in total. The molecule has 22 heavy (non-hydrogen) atoms.